The van der Waals surface area contributed by atoms with E-state index >= 15 is 0 Å². The van der Waals surface area contributed by atoms with E-state index < -0.39 is 0 Å². The lowest BCUT2D eigenvalue weighted by molar-refractivity contribution is -0.133. The van der Waals surface area contributed by atoms with Crippen LogP contribution in [0.4, 0.5) is 0 Å². The minimum atomic E-state index is 0.190. The third-order valence-corrected chi connectivity index (χ3v) is 4.87. The van der Waals surface area contributed by atoms with Crippen LogP contribution in [-0.4, -0.2) is 35.6 Å². The summed E-state index contributed by atoms with van der Waals surface area (Å²) in [6.45, 7) is 3.81. The molecule has 1 aliphatic heterocycles. The third-order valence-electron chi connectivity index (χ3n) is 3.98. The Morgan fingerprint density at radius 3 is 3.00 bits per heavy atom. The smallest absolute Gasteiger partial charge is 0.222 e. The van der Waals surface area contributed by atoms with Crippen LogP contribution in [0.25, 0.3) is 0 Å². The second kappa shape index (κ2) is 7.23. The first-order chi connectivity index (χ1) is 9.60. The lowest BCUT2D eigenvalue weighted by Gasteiger charge is -2.32. The van der Waals surface area contributed by atoms with Crippen LogP contribution in [-0.2, 0) is 11.2 Å². The van der Waals surface area contributed by atoms with E-state index in [1.807, 2.05) is 11.0 Å². The summed E-state index contributed by atoms with van der Waals surface area (Å²) in [7, 11) is 0. The number of likely N-dealkylation sites (tertiary alicyclic amines) is 1. The molecule has 1 heterocycles. The fraction of sp³-hybridized carbons (Fsp3) is 0.562. The van der Waals surface area contributed by atoms with Gasteiger partial charge in [-0.05, 0) is 49.3 Å². The fourth-order valence-corrected chi connectivity index (χ4v) is 2.96. The highest BCUT2D eigenvalue weighted by molar-refractivity contribution is 9.10. The summed E-state index contributed by atoms with van der Waals surface area (Å²) in [5.41, 5.74) is 2.41. The SMILES string of the molecule is Cc1cc(CCC(=O)N2CCCC(CO)C2)ccc1Br. The quantitative estimate of drug-likeness (QED) is 0.916. The monoisotopic (exact) mass is 339 g/mol. The molecule has 1 aromatic rings. The molecule has 1 amide bonds. The number of amides is 1. The second-order valence-corrected chi connectivity index (χ2v) is 6.47. The zero-order chi connectivity index (χ0) is 14.5. The summed E-state index contributed by atoms with van der Waals surface area (Å²) in [4.78, 5) is 14.1. The van der Waals surface area contributed by atoms with Crippen molar-refractivity contribution in [3.05, 3.63) is 33.8 Å². The molecule has 1 N–H and O–H groups in total. The first-order valence-corrected chi connectivity index (χ1v) is 8.03. The Bertz CT molecular complexity index is 476. The van der Waals surface area contributed by atoms with Gasteiger partial charge in [0, 0.05) is 30.6 Å². The molecule has 4 heteroatoms. The van der Waals surface area contributed by atoms with Gasteiger partial charge in [-0.15, -0.1) is 0 Å². The molecule has 0 bridgehead atoms. The molecule has 0 radical (unpaired) electrons. The van der Waals surface area contributed by atoms with Crippen molar-refractivity contribution in [2.24, 2.45) is 5.92 Å². The predicted octanol–water partition coefficient (Wildman–Crippen LogP) is 2.92. The average Bonchev–Trinajstić information content (AvgIpc) is 2.48. The van der Waals surface area contributed by atoms with Crippen molar-refractivity contribution in [1.29, 1.82) is 0 Å². The number of carbonyl (C=O) groups is 1. The average molecular weight is 340 g/mol. The van der Waals surface area contributed by atoms with E-state index in [9.17, 15) is 9.90 Å². The number of hydrogen-bond donors (Lipinski definition) is 1. The summed E-state index contributed by atoms with van der Waals surface area (Å²) in [6.07, 6.45) is 3.38. The molecule has 0 aliphatic carbocycles. The molecule has 20 heavy (non-hydrogen) atoms. The van der Waals surface area contributed by atoms with E-state index in [-0.39, 0.29) is 18.4 Å². The van der Waals surface area contributed by atoms with Gasteiger partial charge in [-0.3, -0.25) is 4.79 Å². The van der Waals surface area contributed by atoms with Crippen molar-refractivity contribution in [2.75, 3.05) is 19.7 Å². The number of halogens is 1. The minimum Gasteiger partial charge on any atom is -0.396 e. The normalized spacial score (nSPS) is 19.1. The van der Waals surface area contributed by atoms with Gasteiger partial charge in [0.2, 0.25) is 5.91 Å². The number of nitrogens with zero attached hydrogens (tertiary/aromatic N) is 1. The van der Waals surface area contributed by atoms with Gasteiger partial charge in [0.05, 0.1) is 0 Å². The molecular formula is C16H22BrNO2. The van der Waals surface area contributed by atoms with E-state index in [0.29, 0.717) is 13.0 Å². The number of hydrogen-bond acceptors (Lipinski definition) is 2. The summed E-state index contributed by atoms with van der Waals surface area (Å²) in [5, 5.41) is 9.21. The zero-order valence-electron chi connectivity index (χ0n) is 11.9. The lowest BCUT2D eigenvalue weighted by Crippen LogP contribution is -2.41. The molecule has 0 aromatic heterocycles. The van der Waals surface area contributed by atoms with E-state index in [4.69, 9.17) is 0 Å². The highest BCUT2D eigenvalue weighted by Crippen LogP contribution is 2.19. The maximum absolute atomic E-state index is 12.2. The summed E-state index contributed by atoms with van der Waals surface area (Å²) in [5.74, 6) is 0.478. The van der Waals surface area contributed by atoms with Crippen LogP contribution in [0.5, 0.6) is 0 Å². The van der Waals surface area contributed by atoms with Crippen LogP contribution >= 0.6 is 15.9 Å². The van der Waals surface area contributed by atoms with Crippen LogP contribution in [0.3, 0.4) is 0 Å². The number of aryl methyl sites for hydroxylation is 2. The van der Waals surface area contributed by atoms with Gasteiger partial charge in [0.25, 0.3) is 0 Å². The maximum atomic E-state index is 12.2. The molecule has 110 valence electrons. The molecule has 1 atom stereocenters. The summed E-state index contributed by atoms with van der Waals surface area (Å²) in [6, 6.07) is 6.24. The predicted molar refractivity (Wildman–Crippen MR) is 83.6 cm³/mol. The van der Waals surface area contributed by atoms with E-state index in [1.165, 1.54) is 11.1 Å². The van der Waals surface area contributed by atoms with Crippen LogP contribution in [0.2, 0.25) is 0 Å². The van der Waals surface area contributed by atoms with Gasteiger partial charge < -0.3 is 10.0 Å². The van der Waals surface area contributed by atoms with Crippen LogP contribution in [0.15, 0.2) is 22.7 Å². The molecule has 0 spiro atoms. The van der Waals surface area contributed by atoms with Crippen molar-refractivity contribution in [2.45, 2.75) is 32.6 Å². The number of carbonyl (C=O) groups excluding carboxylic acids is 1. The first-order valence-electron chi connectivity index (χ1n) is 7.24. The first kappa shape index (κ1) is 15.5. The van der Waals surface area contributed by atoms with Crippen molar-refractivity contribution in [1.82, 2.24) is 4.90 Å². The topological polar surface area (TPSA) is 40.5 Å². The number of rotatable bonds is 4. The molecule has 0 saturated carbocycles. The number of piperidine rings is 1. The zero-order valence-corrected chi connectivity index (χ0v) is 13.5. The van der Waals surface area contributed by atoms with E-state index in [0.717, 1.165) is 30.3 Å². The van der Waals surface area contributed by atoms with Gasteiger partial charge in [-0.25, -0.2) is 0 Å². The minimum absolute atomic E-state index is 0.190. The van der Waals surface area contributed by atoms with Gasteiger partial charge in [0.15, 0.2) is 0 Å². The van der Waals surface area contributed by atoms with Crippen molar-refractivity contribution in [3.8, 4) is 0 Å². The molecule has 1 aromatic carbocycles. The lowest BCUT2D eigenvalue weighted by atomic mass is 9.98. The molecule has 1 aliphatic rings. The van der Waals surface area contributed by atoms with Crippen LogP contribution < -0.4 is 0 Å². The second-order valence-electron chi connectivity index (χ2n) is 5.61. The van der Waals surface area contributed by atoms with Gasteiger partial charge >= 0.3 is 0 Å². The van der Waals surface area contributed by atoms with Crippen LogP contribution in [0.1, 0.15) is 30.4 Å². The molecule has 3 nitrogen and oxygen atoms in total. The Morgan fingerprint density at radius 2 is 2.30 bits per heavy atom. The molecule has 1 saturated heterocycles. The Hall–Kier alpha value is -0.870. The van der Waals surface area contributed by atoms with Crippen LogP contribution in [0, 0.1) is 12.8 Å². The number of benzene rings is 1. The van der Waals surface area contributed by atoms with E-state index in [2.05, 4.69) is 35.0 Å². The Balaban J connectivity index is 1.86. The fourth-order valence-electron chi connectivity index (χ4n) is 2.71. The highest BCUT2D eigenvalue weighted by atomic mass is 79.9. The van der Waals surface area contributed by atoms with Gasteiger partial charge in [0.1, 0.15) is 0 Å². The highest BCUT2D eigenvalue weighted by Gasteiger charge is 2.22. The molecule has 2 rings (SSSR count). The van der Waals surface area contributed by atoms with Gasteiger partial charge in [-0.1, -0.05) is 28.1 Å². The van der Waals surface area contributed by atoms with Gasteiger partial charge in [-0.2, -0.15) is 0 Å². The van der Waals surface area contributed by atoms with Crippen molar-refractivity contribution in [3.63, 3.8) is 0 Å². The molecule has 1 unspecified atom stereocenters. The molecular weight excluding hydrogens is 318 g/mol. The Kier molecular flexibility index (Phi) is 5.61. The summed E-state index contributed by atoms with van der Waals surface area (Å²) < 4.78 is 1.11. The molecule has 1 fully saturated rings. The standard InChI is InChI=1S/C16H22BrNO2/c1-12-9-13(4-6-15(12)17)5-7-16(20)18-8-2-3-14(10-18)11-19/h4,6,9,14,19H,2-3,5,7-8,10-11H2,1H3. The Morgan fingerprint density at radius 1 is 1.50 bits per heavy atom. The van der Waals surface area contributed by atoms with Crippen molar-refractivity contribution >= 4 is 21.8 Å². The Labute approximate surface area is 129 Å². The number of aliphatic hydroxyl groups is 1. The third kappa shape index (κ3) is 4.06. The largest absolute Gasteiger partial charge is 0.396 e. The number of aliphatic hydroxyl groups excluding tert-OH is 1. The summed E-state index contributed by atoms with van der Waals surface area (Å²) >= 11 is 3.49. The maximum Gasteiger partial charge on any atom is 0.222 e. The van der Waals surface area contributed by atoms with Crippen molar-refractivity contribution < 1.29 is 9.90 Å². The van der Waals surface area contributed by atoms with E-state index in [1.54, 1.807) is 0 Å².